The highest BCUT2D eigenvalue weighted by atomic mass is 19.1. The summed E-state index contributed by atoms with van der Waals surface area (Å²) >= 11 is 0. The molecule has 7 nitrogen and oxygen atoms in total. The van der Waals surface area contributed by atoms with Crippen molar-refractivity contribution in [2.45, 2.75) is 32.4 Å². The zero-order valence-electron chi connectivity index (χ0n) is 18.7. The van der Waals surface area contributed by atoms with Crippen LogP contribution in [0.25, 0.3) is 11.1 Å². The lowest BCUT2D eigenvalue weighted by Crippen LogP contribution is -2.31. The van der Waals surface area contributed by atoms with E-state index in [0.29, 0.717) is 18.0 Å². The van der Waals surface area contributed by atoms with Gasteiger partial charge in [0.05, 0.1) is 42.3 Å². The van der Waals surface area contributed by atoms with Crippen molar-refractivity contribution in [1.29, 1.82) is 0 Å². The topological polar surface area (TPSA) is 63.5 Å². The second kappa shape index (κ2) is 7.62. The average molecular weight is 436 g/mol. The molecule has 0 saturated carbocycles. The van der Waals surface area contributed by atoms with Crippen LogP contribution in [-0.2, 0) is 13.6 Å². The summed E-state index contributed by atoms with van der Waals surface area (Å²) in [5, 5.41) is 4.64. The van der Waals surface area contributed by atoms with Crippen molar-refractivity contribution in [1.82, 2.24) is 19.7 Å². The first-order valence-corrected chi connectivity index (χ1v) is 10.8. The van der Waals surface area contributed by atoms with Gasteiger partial charge in [-0.3, -0.25) is 9.78 Å². The second-order valence-electron chi connectivity index (χ2n) is 8.53. The molecule has 166 valence electrons. The number of halogens is 1. The molecule has 0 radical (unpaired) electrons. The Morgan fingerprint density at radius 3 is 2.81 bits per heavy atom. The quantitative estimate of drug-likeness (QED) is 0.581. The molecule has 4 heterocycles. The van der Waals surface area contributed by atoms with Gasteiger partial charge in [-0.05, 0) is 49.6 Å². The standard InChI is InChI=1S/C24H26FN5O2/c1-14-21-10-15(12-26-14)22-19(27-29(3)24(22)32-4)13-28(2)23(31)17-8-7-16(25)11-18(17)20-6-5-9-30(20)21/h7-8,10-12,20H,5-6,9,13H2,1-4H3/t20-/m1/s1. The number of ether oxygens (including phenoxy) is 1. The molecule has 0 aliphatic carbocycles. The van der Waals surface area contributed by atoms with Crippen LogP contribution in [0, 0.1) is 12.7 Å². The number of benzene rings is 1. The zero-order chi connectivity index (χ0) is 22.6. The molecule has 32 heavy (non-hydrogen) atoms. The summed E-state index contributed by atoms with van der Waals surface area (Å²) in [6, 6.07) is 6.50. The van der Waals surface area contributed by atoms with E-state index in [-0.39, 0.29) is 17.8 Å². The number of methoxy groups -OCH3 is 1. The van der Waals surface area contributed by atoms with E-state index < -0.39 is 0 Å². The number of anilines is 1. The predicted octanol–water partition coefficient (Wildman–Crippen LogP) is 3.87. The number of aryl methyl sites for hydroxylation is 2. The van der Waals surface area contributed by atoms with E-state index >= 15 is 0 Å². The molecule has 2 aromatic heterocycles. The van der Waals surface area contributed by atoms with Crippen LogP contribution < -0.4 is 9.64 Å². The molecule has 1 saturated heterocycles. The molecule has 1 atom stereocenters. The minimum Gasteiger partial charge on any atom is -0.481 e. The number of fused-ring (bicyclic) bond motifs is 8. The van der Waals surface area contributed by atoms with Crippen LogP contribution in [0.5, 0.6) is 5.88 Å². The van der Waals surface area contributed by atoms with Gasteiger partial charge in [0.25, 0.3) is 5.91 Å². The Kier molecular flexibility index (Phi) is 4.87. The lowest BCUT2D eigenvalue weighted by molar-refractivity contribution is 0.0781. The van der Waals surface area contributed by atoms with E-state index in [9.17, 15) is 9.18 Å². The third-order valence-electron chi connectivity index (χ3n) is 6.51. The fourth-order valence-corrected chi connectivity index (χ4v) is 5.03. The smallest absolute Gasteiger partial charge is 0.254 e. The second-order valence-corrected chi connectivity index (χ2v) is 8.53. The molecule has 2 aliphatic heterocycles. The van der Waals surface area contributed by atoms with E-state index in [0.717, 1.165) is 53.2 Å². The summed E-state index contributed by atoms with van der Waals surface area (Å²) in [5.74, 6) is 0.134. The van der Waals surface area contributed by atoms with E-state index in [1.165, 1.54) is 12.1 Å². The minimum atomic E-state index is -0.335. The number of carbonyl (C=O) groups is 1. The third kappa shape index (κ3) is 3.13. The number of rotatable bonds is 1. The van der Waals surface area contributed by atoms with E-state index in [1.807, 2.05) is 20.2 Å². The highest BCUT2D eigenvalue weighted by molar-refractivity contribution is 5.96. The van der Waals surface area contributed by atoms with Crippen LogP contribution in [0.1, 0.15) is 46.2 Å². The fourth-order valence-electron chi connectivity index (χ4n) is 5.03. The average Bonchev–Trinajstić information content (AvgIpc) is 3.37. The van der Waals surface area contributed by atoms with Crippen molar-refractivity contribution in [2.75, 3.05) is 25.6 Å². The molecule has 0 unspecified atom stereocenters. The van der Waals surface area contributed by atoms with Crippen LogP contribution >= 0.6 is 0 Å². The Bertz CT molecular complexity index is 1220. The lowest BCUT2D eigenvalue weighted by atomic mass is 9.96. The maximum absolute atomic E-state index is 14.3. The maximum atomic E-state index is 14.3. The number of nitrogens with zero attached hydrogens (tertiary/aromatic N) is 5. The fraction of sp³-hybridized carbons (Fsp3) is 0.375. The molecule has 0 N–H and O–H groups in total. The zero-order valence-corrected chi connectivity index (χ0v) is 18.7. The summed E-state index contributed by atoms with van der Waals surface area (Å²) < 4.78 is 21.7. The van der Waals surface area contributed by atoms with Gasteiger partial charge in [0.1, 0.15) is 5.82 Å². The number of hydrogen-bond donors (Lipinski definition) is 0. The number of aromatic nitrogens is 3. The van der Waals surface area contributed by atoms with Gasteiger partial charge >= 0.3 is 0 Å². The van der Waals surface area contributed by atoms with Gasteiger partial charge in [0.2, 0.25) is 5.88 Å². The van der Waals surface area contributed by atoms with Gasteiger partial charge in [-0.15, -0.1) is 0 Å². The van der Waals surface area contributed by atoms with Crippen molar-refractivity contribution in [3.63, 3.8) is 0 Å². The predicted molar refractivity (Wildman–Crippen MR) is 119 cm³/mol. The van der Waals surface area contributed by atoms with Crippen LogP contribution in [0.3, 0.4) is 0 Å². The van der Waals surface area contributed by atoms with Crippen molar-refractivity contribution >= 4 is 11.6 Å². The summed E-state index contributed by atoms with van der Waals surface area (Å²) in [7, 11) is 5.19. The molecular weight excluding hydrogens is 409 g/mol. The minimum absolute atomic E-state index is 0.0940. The third-order valence-corrected chi connectivity index (χ3v) is 6.51. The maximum Gasteiger partial charge on any atom is 0.254 e. The van der Waals surface area contributed by atoms with Crippen LogP contribution in [0.4, 0.5) is 10.1 Å². The Morgan fingerprint density at radius 1 is 1.22 bits per heavy atom. The van der Waals surface area contributed by atoms with Gasteiger partial charge in [-0.25, -0.2) is 9.07 Å². The molecule has 1 amide bonds. The van der Waals surface area contributed by atoms with Crippen molar-refractivity contribution in [2.24, 2.45) is 7.05 Å². The summed E-state index contributed by atoms with van der Waals surface area (Å²) in [6.45, 7) is 3.08. The number of hydrogen-bond acceptors (Lipinski definition) is 5. The molecule has 2 bridgehead atoms. The van der Waals surface area contributed by atoms with Crippen molar-refractivity contribution in [3.05, 3.63) is 58.8 Å². The summed E-state index contributed by atoms with van der Waals surface area (Å²) in [4.78, 5) is 22.1. The van der Waals surface area contributed by atoms with E-state index in [2.05, 4.69) is 16.1 Å². The lowest BCUT2D eigenvalue weighted by Gasteiger charge is -2.31. The van der Waals surface area contributed by atoms with Gasteiger partial charge in [-0.1, -0.05) is 0 Å². The van der Waals surface area contributed by atoms with Gasteiger partial charge in [-0.2, -0.15) is 5.10 Å². The Hall–Kier alpha value is -3.42. The first-order valence-electron chi connectivity index (χ1n) is 10.8. The summed E-state index contributed by atoms with van der Waals surface area (Å²) in [5.41, 5.74) is 5.57. The molecule has 1 fully saturated rings. The number of carbonyl (C=O) groups excluding carboxylic acids is 1. The largest absolute Gasteiger partial charge is 0.481 e. The van der Waals surface area contributed by atoms with Crippen molar-refractivity contribution in [3.8, 4) is 17.0 Å². The SMILES string of the molecule is COc1c2c(nn1C)CN(C)C(=O)c1ccc(F)cc1[C@H]1CCCN1c1cc-2cnc1C. The van der Waals surface area contributed by atoms with Crippen LogP contribution in [0.15, 0.2) is 30.5 Å². The van der Waals surface area contributed by atoms with Gasteiger partial charge in [0.15, 0.2) is 0 Å². The van der Waals surface area contributed by atoms with E-state index in [4.69, 9.17) is 9.72 Å². The molecule has 8 heteroatoms. The molecule has 5 rings (SSSR count). The first-order chi connectivity index (χ1) is 15.4. The number of pyridine rings is 1. The molecule has 2 aliphatic rings. The normalized spacial score (nSPS) is 17.9. The highest BCUT2D eigenvalue weighted by Crippen LogP contribution is 2.42. The van der Waals surface area contributed by atoms with E-state index in [1.54, 1.807) is 29.8 Å². The highest BCUT2D eigenvalue weighted by Gasteiger charge is 2.33. The van der Waals surface area contributed by atoms with Crippen molar-refractivity contribution < 1.29 is 13.9 Å². The molecule has 1 aromatic carbocycles. The number of amides is 1. The summed E-state index contributed by atoms with van der Waals surface area (Å²) in [6.07, 6.45) is 3.63. The van der Waals surface area contributed by atoms with Crippen LogP contribution in [-0.4, -0.2) is 46.3 Å². The monoisotopic (exact) mass is 435 g/mol. The molecule has 0 spiro atoms. The van der Waals surface area contributed by atoms with Gasteiger partial charge in [0, 0.05) is 38.0 Å². The Morgan fingerprint density at radius 2 is 2.03 bits per heavy atom. The van der Waals surface area contributed by atoms with Gasteiger partial charge < -0.3 is 14.5 Å². The molecule has 3 aromatic rings. The first kappa shape index (κ1) is 20.5. The molecular formula is C24H26FN5O2. The van der Waals surface area contributed by atoms with Crippen LogP contribution in [0.2, 0.25) is 0 Å². The Balaban J connectivity index is 1.79. The Labute approximate surface area is 186 Å².